The van der Waals surface area contributed by atoms with E-state index in [0.29, 0.717) is 0 Å². The average Bonchev–Trinajstić information content (AvgIpc) is 2.38. The van der Waals surface area contributed by atoms with Gasteiger partial charge in [0.15, 0.2) is 11.6 Å². The van der Waals surface area contributed by atoms with Gasteiger partial charge in [-0.25, -0.2) is 9.82 Å². The van der Waals surface area contributed by atoms with Crippen LogP contribution in [0.25, 0.3) is 0 Å². The molecule has 0 saturated carbocycles. The Morgan fingerprint density at radius 3 is 2.25 bits per heavy atom. The van der Waals surface area contributed by atoms with Crippen molar-refractivity contribution in [1.29, 1.82) is 0 Å². The summed E-state index contributed by atoms with van der Waals surface area (Å²) >= 11 is 6.86. The molecule has 0 aliphatic heterocycles. The van der Waals surface area contributed by atoms with E-state index in [-0.39, 0.29) is 11.8 Å². The van der Waals surface area contributed by atoms with Gasteiger partial charge in [0.25, 0.3) is 0 Å². The predicted octanol–water partition coefficient (Wildman–Crippen LogP) is 3.91. The summed E-state index contributed by atoms with van der Waals surface area (Å²) in [6, 6.07) is 10.2. The number of halogens is 3. The summed E-state index contributed by atoms with van der Waals surface area (Å²) in [5.74, 6) is 5.41. The van der Waals surface area contributed by atoms with E-state index in [2.05, 4.69) is 37.3 Å². The molecule has 20 heavy (non-hydrogen) atoms. The van der Waals surface area contributed by atoms with Gasteiger partial charge in [-0.3, -0.25) is 5.84 Å². The minimum absolute atomic E-state index is 0.208. The Bertz CT molecular complexity index is 602. The maximum absolute atomic E-state index is 13.8. The Labute approximate surface area is 133 Å². The predicted molar refractivity (Wildman–Crippen MR) is 84.0 cm³/mol. The van der Waals surface area contributed by atoms with Gasteiger partial charge in [-0.1, -0.05) is 37.9 Å². The quantitative estimate of drug-likeness (QED) is 0.600. The van der Waals surface area contributed by atoms with Gasteiger partial charge >= 0.3 is 0 Å². The normalized spacial score (nSPS) is 12.2. The molecule has 3 N–H and O–H groups in total. The van der Waals surface area contributed by atoms with Gasteiger partial charge in [0.1, 0.15) is 0 Å². The van der Waals surface area contributed by atoms with Gasteiger partial charge in [0.2, 0.25) is 0 Å². The van der Waals surface area contributed by atoms with Crippen molar-refractivity contribution in [3.8, 4) is 5.75 Å². The van der Waals surface area contributed by atoms with Crippen LogP contribution in [0.1, 0.15) is 17.2 Å². The van der Waals surface area contributed by atoms with E-state index in [4.69, 9.17) is 10.6 Å². The molecule has 106 valence electrons. The van der Waals surface area contributed by atoms with Crippen LogP contribution >= 0.6 is 31.9 Å². The summed E-state index contributed by atoms with van der Waals surface area (Å²) in [6.07, 6.45) is 0. The number of benzene rings is 2. The van der Waals surface area contributed by atoms with Gasteiger partial charge in [-0.05, 0) is 41.5 Å². The second kappa shape index (κ2) is 6.67. The lowest BCUT2D eigenvalue weighted by molar-refractivity contribution is 0.385. The van der Waals surface area contributed by atoms with Crippen LogP contribution in [-0.2, 0) is 0 Å². The zero-order valence-electron chi connectivity index (χ0n) is 10.7. The van der Waals surface area contributed by atoms with E-state index < -0.39 is 5.82 Å². The highest BCUT2D eigenvalue weighted by molar-refractivity contribution is 9.11. The van der Waals surface area contributed by atoms with E-state index in [1.54, 1.807) is 12.1 Å². The Balaban J connectivity index is 2.44. The lowest BCUT2D eigenvalue weighted by Gasteiger charge is -2.18. The highest BCUT2D eigenvalue weighted by atomic mass is 79.9. The van der Waals surface area contributed by atoms with Crippen molar-refractivity contribution in [3.05, 3.63) is 62.3 Å². The summed E-state index contributed by atoms with van der Waals surface area (Å²) in [5, 5.41) is 0. The molecule has 0 fully saturated rings. The van der Waals surface area contributed by atoms with Crippen molar-refractivity contribution in [1.82, 2.24) is 5.43 Å². The van der Waals surface area contributed by atoms with Crippen LogP contribution in [0.15, 0.2) is 45.3 Å². The minimum Gasteiger partial charge on any atom is -0.494 e. The van der Waals surface area contributed by atoms with E-state index >= 15 is 0 Å². The SMILES string of the molecule is COc1ccc(C(NN)c2cc(Br)cc(Br)c2)cc1F. The van der Waals surface area contributed by atoms with Crippen molar-refractivity contribution < 1.29 is 9.13 Å². The molecule has 2 aromatic carbocycles. The van der Waals surface area contributed by atoms with E-state index in [1.807, 2.05) is 18.2 Å². The van der Waals surface area contributed by atoms with Gasteiger partial charge in [0.05, 0.1) is 13.2 Å². The van der Waals surface area contributed by atoms with E-state index in [0.717, 1.165) is 20.1 Å². The third kappa shape index (κ3) is 3.38. The molecule has 0 aliphatic rings. The highest BCUT2D eigenvalue weighted by Crippen LogP contribution is 2.29. The van der Waals surface area contributed by atoms with Crippen LogP contribution in [-0.4, -0.2) is 7.11 Å². The topological polar surface area (TPSA) is 47.3 Å². The fourth-order valence-electron chi connectivity index (χ4n) is 1.99. The molecular weight excluding hydrogens is 391 g/mol. The Morgan fingerprint density at radius 2 is 1.75 bits per heavy atom. The fourth-order valence-corrected chi connectivity index (χ4v) is 3.32. The van der Waals surface area contributed by atoms with Crippen LogP contribution in [0.2, 0.25) is 0 Å². The smallest absolute Gasteiger partial charge is 0.165 e. The molecule has 0 heterocycles. The number of methoxy groups -OCH3 is 1. The molecule has 2 rings (SSSR count). The van der Waals surface area contributed by atoms with Crippen molar-refractivity contribution in [3.63, 3.8) is 0 Å². The van der Waals surface area contributed by atoms with E-state index in [9.17, 15) is 4.39 Å². The molecule has 0 bridgehead atoms. The third-order valence-corrected chi connectivity index (χ3v) is 3.81. The Morgan fingerprint density at radius 1 is 1.10 bits per heavy atom. The van der Waals surface area contributed by atoms with Crippen LogP contribution in [0, 0.1) is 5.82 Å². The lowest BCUT2D eigenvalue weighted by Crippen LogP contribution is -2.29. The number of hydrazine groups is 1. The lowest BCUT2D eigenvalue weighted by atomic mass is 9.99. The van der Waals surface area contributed by atoms with Crippen molar-refractivity contribution in [2.45, 2.75) is 6.04 Å². The number of rotatable bonds is 4. The van der Waals surface area contributed by atoms with E-state index in [1.165, 1.54) is 13.2 Å². The standard InChI is InChI=1S/C14H13Br2FN2O/c1-20-13-3-2-8(6-12(13)17)14(19-18)9-4-10(15)7-11(16)5-9/h2-7,14,19H,18H2,1H3. The van der Waals surface area contributed by atoms with Gasteiger partial charge < -0.3 is 4.74 Å². The molecular formula is C14H13Br2FN2O. The molecule has 1 atom stereocenters. The summed E-state index contributed by atoms with van der Waals surface area (Å²) in [5.41, 5.74) is 4.34. The molecule has 3 nitrogen and oxygen atoms in total. The number of nitrogens with two attached hydrogens (primary N) is 1. The first-order valence-corrected chi connectivity index (χ1v) is 7.39. The molecule has 0 saturated heterocycles. The van der Waals surface area contributed by atoms with Gasteiger partial charge in [-0.15, -0.1) is 0 Å². The number of ether oxygens (including phenoxy) is 1. The number of nitrogens with one attached hydrogen (secondary N) is 1. The molecule has 2 aromatic rings. The maximum atomic E-state index is 13.8. The second-order valence-corrected chi connectivity index (χ2v) is 6.03. The third-order valence-electron chi connectivity index (χ3n) is 2.89. The molecule has 6 heteroatoms. The van der Waals surface area contributed by atoms with Crippen LogP contribution in [0.3, 0.4) is 0 Å². The molecule has 1 unspecified atom stereocenters. The van der Waals surface area contributed by atoms with Gasteiger partial charge in [-0.2, -0.15) is 0 Å². The average molecular weight is 404 g/mol. The van der Waals surface area contributed by atoms with Crippen LogP contribution < -0.4 is 16.0 Å². The minimum atomic E-state index is -0.417. The number of hydrogen-bond donors (Lipinski definition) is 2. The molecule has 0 aromatic heterocycles. The Kier molecular flexibility index (Phi) is 5.15. The first kappa shape index (κ1) is 15.4. The summed E-state index contributed by atoms with van der Waals surface area (Å²) in [7, 11) is 1.43. The molecule has 0 amide bonds. The fraction of sp³-hybridized carbons (Fsp3) is 0.143. The monoisotopic (exact) mass is 402 g/mol. The largest absolute Gasteiger partial charge is 0.494 e. The van der Waals surface area contributed by atoms with Crippen molar-refractivity contribution >= 4 is 31.9 Å². The highest BCUT2D eigenvalue weighted by Gasteiger charge is 2.15. The molecule has 0 spiro atoms. The van der Waals surface area contributed by atoms with Gasteiger partial charge in [0, 0.05) is 8.95 Å². The summed E-state index contributed by atoms with van der Waals surface area (Å²) in [6.45, 7) is 0. The van der Waals surface area contributed by atoms with Crippen molar-refractivity contribution in [2.75, 3.05) is 7.11 Å². The van der Waals surface area contributed by atoms with Crippen molar-refractivity contribution in [2.24, 2.45) is 5.84 Å². The number of hydrogen-bond acceptors (Lipinski definition) is 3. The Hall–Kier alpha value is -0.950. The molecule has 0 aliphatic carbocycles. The summed E-state index contributed by atoms with van der Waals surface area (Å²) in [4.78, 5) is 0. The second-order valence-electron chi connectivity index (χ2n) is 4.20. The zero-order valence-corrected chi connectivity index (χ0v) is 13.8. The first-order chi connectivity index (χ1) is 9.55. The zero-order chi connectivity index (χ0) is 14.7. The maximum Gasteiger partial charge on any atom is 0.165 e. The van der Waals surface area contributed by atoms with Crippen LogP contribution in [0.5, 0.6) is 5.75 Å². The summed E-state index contributed by atoms with van der Waals surface area (Å²) < 4.78 is 20.6. The first-order valence-electron chi connectivity index (χ1n) is 5.80. The van der Waals surface area contributed by atoms with Crippen LogP contribution in [0.4, 0.5) is 4.39 Å². The molecule has 0 radical (unpaired) electrons.